The number of aromatic nitrogens is 1. The molecular formula is C12H8ClF3N4O. The van der Waals surface area contributed by atoms with Crippen molar-refractivity contribution in [2.24, 2.45) is 0 Å². The molecule has 0 fully saturated rings. The number of amides is 1. The van der Waals surface area contributed by atoms with Gasteiger partial charge in [0.15, 0.2) is 0 Å². The first-order valence-electron chi connectivity index (χ1n) is 5.61. The van der Waals surface area contributed by atoms with Crippen molar-refractivity contribution in [3.05, 3.63) is 34.6 Å². The summed E-state index contributed by atoms with van der Waals surface area (Å²) in [7, 11) is 0. The van der Waals surface area contributed by atoms with Crippen LogP contribution in [0.4, 0.5) is 19.0 Å². The third-order valence-electron chi connectivity index (χ3n) is 2.97. The number of alkyl halides is 3. The zero-order chi connectivity index (χ0) is 15.8. The van der Waals surface area contributed by atoms with E-state index >= 15 is 0 Å². The van der Waals surface area contributed by atoms with Crippen molar-refractivity contribution in [3.63, 3.8) is 0 Å². The van der Waals surface area contributed by atoms with Gasteiger partial charge in [0.2, 0.25) is 0 Å². The molecule has 0 radical (unpaired) electrons. The van der Waals surface area contributed by atoms with Crippen molar-refractivity contribution in [3.8, 4) is 6.07 Å². The van der Waals surface area contributed by atoms with Gasteiger partial charge in [0.05, 0.1) is 16.7 Å². The summed E-state index contributed by atoms with van der Waals surface area (Å²) in [5.74, 6) is -1.60. The van der Waals surface area contributed by atoms with Crippen LogP contribution in [0.3, 0.4) is 0 Å². The monoisotopic (exact) mass is 316 g/mol. The van der Waals surface area contributed by atoms with Crippen molar-refractivity contribution in [1.29, 1.82) is 5.26 Å². The summed E-state index contributed by atoms with van der Waals surface area (Å²) in [4.78, 5) is 15.5. The molecule has 0 aliphatic carbocycles. The van der Waals surface area contributed by atoms with Crippen LogP contribution in [0, 0.1) is 11.3 Å². The minimum Gasteiger partial charge on any atom is -0.344 e. The molecule has 110 valence electrons. The molecule has 2 rings (SSSR count). The first kappa shape index (κ1) is 15.1. The van der Waals surface area contributed by atoms with E-state index in [1.807, 2.05) is 10.6 Å². The summed E-state index contributed by atoms with van der Waals surface area (Å²) in [6, 6.07) is 3.94. The first-order chi connectivity index (χ1) is 9.72. The number of nitrogens with one attached hydrogen (secondary N) is 2. The molecule has 1 aromatic heterocycles. The van der Waals surface area contributed by atoms with Crippen molar-refractivity contribution >= 4 is 23.3 Å². The number of rotatable bonds is 2. The second-order valence-corrected chi connectivity index (χ2v) is 4.74. The first-order valence-corrected chi connectivity index (χ1v) is 5.99. The van der Waals surface area contributed by atoms with E-state index in [9.17, 15) is 18.0 Å². The van der Waals surface area contributed by atoms with Crippen molar-refractivity contribution < 1.29 is 18.0 Å². The summed E-state index contributed by atoms with van der Waals surface area (Å²) in [5.41, 5.74) is -4.05. The van der Waals surface area contributed by atoms with E-state index < -0.39 is 23.2 Å². The number of carbonyl (C=O) groups is 1. The number of halogens is 4. The minimum atomic E-state index is -5.03. The summed E-state index contributed by atoms with van der Waals surface area (Å²) in [6.07, 6.45) is -3.90. The van der Waals surface area contributed by atoms with Crippen LogP contribution in [0.1, 0.15) is 6.92 Å². The number of nitrogens with zero attached hydrogens (tertiary/aromatic N) is 2. The van der Waals surface area contributed by atoms with Gasteiger partial charge in [-0.3, -0.25) is 4.79 Å². The fourth-order valence-electron chi connectivity index (χ4n) is 1.99. The van der Waals surface area contributed by atoms with Gasteiger partial charge in [-0.25, -0.2) is 4.98 Å². The molecule has 0 saturated heterocycles. The quantitative estimate of drug-likeness (QED) is 0.878. The van der Waals surface area contributed by atoms with E-state index in [-0.39, 0.29) is 16.5 Å². The average Bonchev–Trinajstić information content (AvgIpc) is 2.63. The van der Waals surface area contributed by atoms with E-state index in [2.05, 4.69) is 4.98 Å². The Labute approximate surface area is 122 Å². The molecule has 5 nitrogen and oxygen atoms in total. The van der Waals surface area contributed by atoms with Gasteiger partial charge in [-0.2, -0.15) is 18.4 Å². The Morgan fingerprint density at radius 1 is 1.48 bits per heavy atom. The Morgan fingerprint density at radius 2 is 2.14 bits per heavy atom. The fraction of sp³-hybridized carbons (Fsp3) is 0.250. The second kappa shape index (κ2) is 4.93. The normalized spacial score (nSPS) is 22.0. The molecule has 21 heavy (non-hydrogen) atoms. The molecule has 0 saturated carbocycles. The summed E-state index contributed by atoms with van der Waals surface area (Å²) < 4.78 is 40.4. The molecule has 0 bridgehead atoms. The average molecular weight is 317 g/mol. The molecule has 1 aromatic rings. The van der Waals surface area contributed by atoms with Crippen molar-refractivity contribution in [2.45, 2.75) is 18.6 Å². The summed E-state index contributed by atoms with van der Waals surface area (Å²) in [5, 5.41) is 13.3. The van der Waals surface area contributed by atoms with Crippen LogP contribution >= 0.6 is 11.6 Å². The van der Waals surface area contributed by atoms with E-state index in [4.69, 9.17) is 16.9 Å². The van der Waals surface area contributed by atoms with Crippen LogP contribution in [0.15, 0.2) is 29.6 Å². The zero-order valence-corrected chi connectivity index (χ0v) is 11.3. The van der Waals surface area contributed by atoms with Crippen LogP contribution in [0.25, 0.3) is 0 Å². The molecule has 2 heterocycles. The Hall–Kier alpha value is -2.27. The van der Waals surface area contributed by atoms with Crippen LogP contribution in [-0.4, -0.2) is 22.6 Å². The maximum Gasteiger partial charge on any atom is 0.425 e. The third kappa shape index (κ3) is 2.29. The fourth-order valence-corrected chi connectivity index (χ4v) is 2.10. The lowest BCUT2D eigenvalue weighted by Gasteiger charge is -2.30. The van der Waals surface area contributed by atoms with Gasteiger partial charge in [0, 0.05) is 11.9 Å². The molecule has 0 unspecified atom stereocenters. The standard InChI is InChI=1S/C12H8ClF3N4O/c1-6-8(4-17)11(10(21)19-6,12(14,15)16)20-9-3-2-7(13)5-18-9/h2-3,5H,1H3,(H,18,20)(H,19,21)/t11-/m0/s1. The smallest absolute Gasteiger partial charge is 0.344 e. The molecular weight excluding hydrogens is 309 g/mol. The molecule has 1 aliphatic heterocycles. The van der Waals surface area contributed by atoms with Crippen LogP contribution in [0.2, 0.25) is 5.02 Å². The molecule has 0 aromatic carbocycles. The highest BCUT2D eigenvalue weighted by molar-refractivity contribution is 6.30. The maximum atomic E-state index is 13.5. The molecule has 0 spiro atoms. The molecule has 9 heteroatoms. The number of nitriles is 1. The molecule has 1 amide bonds. The Balaban J connectivity index is 2.57. The van der Waals surface area contributed by atoms with E-state index in [1.54, 1.807) is 0 Å². The molecule has 1 atom stereocenters. The number of anilines is 1. The predicted octanol–water partition coefficient (Wildman–Crippen LogP) is 2.38. The van der Waals surface area contributed by atoms with Crippen molar-refractivity contribution in [1.82, 2.24) is 10.3 Å². The number of hydrogen-bond donors (Lipinski definition) is 2. The van der Waals surface area contributed by atoms with Gasteiger partial charge in [-0.15, -0.1) is 0 Å². The van der Waals surface area contributed by atoms with Crippen LogP contribution < -0.4 is 10.6 Å². The maximum absolute atomic E-state index is 13.5. The number of pyridine rings is 1. The number of hydrogen-bond acceptors (Lipinski definition) is 4. The van der Waals surface area contributed by atoms with E-state index in [0.717, 1.165) is 6.20 Å². The molecule has 2 N–H and O–H groups in total. The van der Waals surface area contributed by atoms with Gasteiger partial charge in [-0.1, -0.05) is 11.6 Å². The van der Waals surface area contributed by atoms with E-state index in [1.165, 1.54) is 25.1 Å². The number of carbonyl (C=O) groups excluding carboxylic acids is 1. The Kier molecular flexibility index (Phi) is 3.55. The van der Waals surface area contributed by atoms with Gasteiger partial charge in [0.25, 0.3) is 11.4 Å². The highest BCUT2D eigenvalue weighted by Gasteiger charge is 2.66. The summed E-state index contributed by atoms with van der Waals surface area (Å²) >= 11 is 5.61. The lowest BCUT2D eigenvalue weighted by Crippen LogP contribution is -2.59. The van der Waals surface area contributed by atoms with Gasteiger partial charge in [0.1, 0.15) is 5.82 Å². The van der Waals surface area contributed by atoms with Gasteiger partial charge >= 0.3 is 6.18 Å². The van der Waals surface area contributed by atoms with Crippen LogP contribution in [-0.2, 0) is 4.79 Å². The number of allylic oxidation sites excluding steroid dienone is 1. The summed E-state index contributed by atoms with van der Waals surface area (Å²) in [6.45, 7) is 1.22. The third-order valence-corrected chi connectivity index (χ3v) is 3.20. The largest absolute Gasteiger partial charge is 0.425 e. The van der Waals surface area contributed by atoms with Gasteiger partial charge < -0.3 is 10.6 Å². The Bertz CT molecular complexity index is 663. The van der Waals surface area contributed by atoms with Crippen molar-refractivity contribution in [2.75, 3.05) is 5.32 Å². The van der Waals surface area contributed by atoms with Crippen LogP contribution in [0.5, 0.6) is 0 Å². The minimum absolute atomic E-state index is 0.152. The van der Waals surface area contributed by atoms with Gasteiger partial charge in [-0.05, 0) is 19.1 Å². The lowest BCUT2D eigenvalue weighted by atomic mass is 9.90. The lowest BCUT2D eigenvalue weighted by molar-refractivity contribution is -0.174. The highest BCUT2D eigenvalue weighted by atomic mass is 35.5. The highest BCUT2D eigenvalue weighted by Crippen LogP contribution is 2.42. The zero-order valence-electron chi connectivity index (χ0n) is 10.5. The predicted molar refractivity (Wildman–Crippen MR) is 68.1 cm³/mol. The van der Waals surface area contributed by atoms with E-state index in [0.29, 0.717) is 0 Å². The topological polar surface area (TPSA) is 77.8 Å². The molecule has 1 aliphatic rings. The SMILES string of the molecule is CC1=C(C#N)[C@@](Nc2ccc(Cl)cn2)(C(F)(F)F)C(=O)N1. The second-order valence-electron chi connectivity index (χ2n) is 4.30. The Morgan fingerprint density at radius 3 is 2.62 bits per heavy atom.